The van der Waals surface area contributed by atoms with E-state index in [1.807, 2.05) is 0 Å². The first-order valence-electron chi connectivity index (χ1n) is 25.0. The standard InChI is InChI=1S/C65H66N2Si2/c1-45(2)47-25-29-51(30-26-47)66(52-33-38-56(39-34-52)68(5,6)7)55-37-42-60-61(43-55)65(49-19-13-11-14-20-49,50-21-15-12-16-22-50)62-44-63(58-23-17-18-24-59(58)64(60)62)67(53-31-27-48(28-32-53)46(3)4)54-35-40-57(41-36-54)69(8,9)10/h11-46H,1-10H3. The van der Waals surface area contributed by atoms with Crippen molar-refractivity contribution in [3.05, 3.63) is 240 Å². The summed E-state index contributed by atoms with van der Waals surface area (Å²) in [6.07, 6.45) is 0. The van der Waals surface area contributed by atoms with E-state index < -0.39 is 21.6 Å². The molecule has 0 aromatic heterocycles. The first-order valence-corrected chi connectivity index (χ1v) is 32.0. The number of benzene rings is 9. The van der Waals surface area contributed by atoms with E-state index in [4.69, 9.17) is 0 Å². The molecule has 9 aromatic carbocycles. The lowest BCUT2D eigenvalue weighted by atomic mass is 9.67. The third kappa shape index (κ3) is 8.28. The Balaban J connectivity index is 1.28. The summed E-state index contributed by atoms with van der Waals surface area (Å²) in [4.78, 5) is 4.99. The van der Waals surface area contributed by atoms with Gasteiger partial charge in [-0.15, -0.1) is 0 Å². The molecule has 0 amide bonds. The average molecular weight is 931 g/mol. The van der Waals surface area contributed by atoms with Crippen LogP contribution < -0.4 is 20.2 Å². The second-order valence-electron chi connectivity index (χ2n) is 21.8. The van der Waals surface area contributed by atoms with E-state index in [0.717, 1.165) is 28.4 Å². The molecule has 0 heterocycles. The highest BCUT2D eigenvalue weighted by atomic mass is 28.3. The monoisotopic (exact) mass is 930 g/mol. The molecule has 0 bridgehead atoms. The van der Waals surface area contributed by atoms with Crippen molar-refractivity contribution in [1.29, 1.82) is 0 Å². The predicted octanol–water partition coefficient (Wildman–Crippen LogP) is 17.5. The Kier molecular flexibility index (Phi) is 12.0. The van der Waals surface area contributed by atoms with E-state index in [1.165, 1.54) is 71.3 Å². The molecule has 2 nitrogen and oxygen atoms in total. The summed E-state index contributed by atoms with van der Waals surface area (Å²) in [7, 11) is -3.08. The van der Waals surface area contributed by atoms with Gasteiger partial charge in [0.25, 0.3) is 0 Å². The van der Waals surface area contributed by atoms with Crippen LogP contribution in [0, 0.1) is 0 Å². The molecule has 4 heteroatoms. The molecule has 0 fully saturated rings. The SMILES string of the molecule is CC(C)c1ccc(N(c2ccc([Si](C)(C)C)cc2)c2ccc3c(c2)C(c2ccccc2)(c2ccccc2)c2cc(N(c4ccc(C(C)C)cc4)c4ccc([Si](C)(C)C)cc4)c4ccccc4c2-3)cc1. The van der Waals surface area contributed by atoms with Gasteiger partial charge in [-0.3, -0.25) is 0 Å². The van der Waals surface area contributed by atoms with Crippen LogP contribution in [-0.4, -0.2) is 16.1 Å². The molecule has 344 valence electrons. The van der Waals surface area contributed by atoms with E-state index >= 15 is 0 Å². The van der Waals surface area contributed by atoms with Gasteiger partial charge in [0.05, 0.1) is 27.3 Å². The van der Waals surface area contributed by atoms with Crippen LogP contribution in [0.1, 0.15) is 72.9 Å². The Hall–Kier alpha value is -6.73. The Morgan fingerprint density at radius 1 is 0.362 bits per heavy atom. The van der Waals surface area contributed by atoms with E-state index in [-0.39, 0.29) is 0 Å². The fourth-order valence-corrected chi connectivity index (χ4v) is 13.1. The van der Waals surface area contributed by atoms with Gasteiger partial charge in [-0.2, -0.15) is 0 Å². The second-order valence-corrected chi connectivity index (χ2v) is 32.0. The number of anilines is 6. The summed E-state index contributed by atoms with van der Waals surface area (Å²) in [5.41, 5.74) is 16.5. The van der Waals surface area contributed by atoms with Gasteiger partial charge in [0.15, 0.2) is 0 Å². The van der Waals surface area contributed by atoms with Crippen LogP contribution in [0.4, 0.5) is 34.1 Å². The topological polar surface area (TPSA) is 6.48 Å². The zero-order valence-corrected chi connectivity index (χ0v) is 44.2. The Morgan fingerprint density at radius 2 is 0.754 bits per heavy atom. The van der Waals surface area contributed by atoms with Crippen LogP contribution in [-0.2, 0) is 5.41 Å². The normalized spacial score (nSPS) is 13.2. The first-order chi connectivity index (χ1) is 33.1. The van der Waals surface area contributed by atoms with Gasteiger partial charge in [-0.1, -0.05) is 217 Å². The Labute approximate surface area is 414 Å². The molecule has 10 rings (SSSR count). The molecule has 1 aliphatic rings. The van der Waals surface area contributed by atoms with Crippen molar-refractivity contribution in [3.8, 4) is 11.1 Å². The van der Waals surface area contributed by atoms with Gasteiger partial charge < -0.3 is 9.80 Å². The Bertz CT molecular complexity index is 3210. The zero-order chi connectivity index (χ0) is 48.2. The van der Waals surface area contributed by atoms with Crippen LogP contribution >= 0.6 is 0 Å². The fourth-order valence-electron chi connectivity index (χ4n) is 10.7. The van der Waals surface area contributed by atoms with Crippen molar-refractivity contribution < 1.29 is 0 Å². The van der Waals surface area contributed by atoms with Crippen molar-refractivity contribution in [1.82, 2.24) is 0 Å². The van der Waals surface area contributed by atoms with Crippen LogP contribution in [0.15, 0.2) is 206 Å². The minimum absolute atomic E-state index is 0.435. The highest BCUT2D eigenvalue weighted by molar-refractivity contribution is 6.89. The summed E-state index contributed by atoms with van der Waals surface area (Å²) >= 11 is 0. The van der Waals surface area contributed by atoms with E-state index in [9.17, 15) is 0 Å². The van der Waals surface area contributed by atoms with Gasteiger partial charge in [0.2, 0.25) is 0 Å². The molecular formula is C65H66N2Si2. The molecule has 0 atom stereocenters. The van der Waals surface area contributed by atoms with Crippen LogP contribution in [0.5, 0.6) is 0 Å². The number of hydrogen-bond donors (Lipinski definition) is 0. The summed E-state index contributed by atoms with van der Waals surface area (Å²) in [6, 6.07) is 78.9. The van der Waals surface area contributed by atoms with E-state index in [2.05, 4.69) is 283 Å². The second kappa shape index (κ2) is 18.0. The minimum atomic E-state index is -1.55. The lowest BCUT2D eigenvalue weighted by Crippen LogP contribution is -2.37. The highest BCUT2D eigenvalue weighted by Gasteiger charge is 2.48. The molecule has 0 saturated carbocycles. The Morgan fingerprint density at radius 3 is 1.19 bits per heavy atom. The zero-order valence-electron chi connectivity index (χ0n) is 42.2. The van der Waals surface area contributed by atoms with Gasteiger partial charge in [-0.05, 0) is 128 Å². The molecule has 0 aliphatic heterocycles. The van der Waals surface area contributed by atoms with Crippen molar-refractivity contribution in [2.24, 2.45) is 0 Å². The predicted molar refractivity (Wildman–Crippen MR) is 305 cm³/mol. The lowest BCUT2D eigenvalue weighted by Gasteiger charge is -2.36. The maximum absolute atomic E-state index is 2.55. The maximum Gasteiger partial charge on any atom is 0.0775 e. The summed E-state index contributed by atoms with van der Waals surface area (Å²) in [5.74, 6) is 0.879. The van der Waals surface area contributed by atoms with E-state index in [0.29, 0.717) is 11.8 Å². The number of nitrogens with zero attached hydrogens (tertiary/aromatic N) is 2. The molecule has 1 aliphatic carbocycles. The third-order valence-electron chi connectivity index (χ3n) is 14.6. The molecule has 0 N–H and O–H groups in total. The molecule has 0 saturated heterocycles. The average Bonchev–Trinajstić information content (AvgIpc) is 3.65. The summed E-state index contributed by atoms with van der Waals surface area (Å²) in [6.45, 7) is 23.7. The summed E-state index contributed by atoms with van der Waals surface area (Å²) in [5, 5.41) is 5.38. The third-order valence-corrected chi connectivity index (χ3v) is 18.8. The van der Waals surface area contributed by atoms with Crippen LogP contribution in [0.2, 0.25) is 39.3 Å². The lowest BCUT2D eigenvalue weighted by molar-refractivity contribution is 0.769. The largest absolute Gasteiger partial charge is 0.310 e. The van der Waals surface area contributed by atoms with Gasteiger partial charge >= 0.3 is 0 Å². The van der Waals surface area contributed by atoms with Crippen LogP contribution in [0.25, 0.3) is 21.9 Å². The smallest absolute Gasteiger partial charge is 0.0775 e. The highest BCUT2D eigenvalue weighted by Crippen LogP contribution is 2.60. The van der Waals surface area contributed by atoms with E-state index in [1.54, 1.807) is 0 Å². The van der Waals surface area contributed by atoms with Crippen molar-refractivity contribution in [2.45, 2.75) is 84.2 Å². The number of hydrogen-bond acceptors (Lipinski definition) is 2. The fraction of sp³-hybridized carbons (Fsp3) is 0.200. The van der Waals surface area contributed by atoms with Crippen molar-refractivity contribution in [2.75, 3.05) is 9.80 Å². The minimum Gasteiger partial charge on any atom is -0.310 e. The van der Waals surface area contributed by atoms with Crippen LogP contribution in [0.3, 0.4) is 0 Å². The summed E-state index contributed by atoms with van der Waals surface area (Å²) < 4.78 is 0. The van der Waals surface area contributed by atoms with Crippen molar-refractivity contribution in [3.63, 3.8) is 0 Å². The number of fused-ring (bicyclic) bond motifs is 5. The maximum atomic E-state index is 2.55. The molecule has 0 radical (unpaired) electrons. The van der Waals surface area contributed by atoms with Gasteiger partial charge in [0.1, 0.15) is 0 Å². The first kappa shape index (κ1) is 46.0. The quantitative estimate of drug-likeness (QED) is 0.113. The molecule has 69 heavy (non-hydrogen) atoms. The molecular weight excluding hydrogens is 865 g/mol. The molecule has 0 spiro atoms. The molecule has 0 unspecified atom stereocenters. The van der Waals surface area contributed by atoms with Gasteiger partial charge in [0, 0.05) is 33.8 Å². The van der Waals surface area contributed by atoms with Crippen molar-refractivity contribution >= 4 is 71.4 Å². The molecule has 9 aromatic rings. The number of rotatable bonds is 12. The van der Waals surface area contributed by atoms with Gasteiger partial charge in [-0.25, -0.2) is 0 Å².